The minimum atomic E-state index is -0.502. The van der Waals surface area contributed by atoms with Crippen LogP contribution in [0.1, 0.15) is 19.3 Å². The van der Waals surface area contributed by atoms with E-state index in [9.17, 15) is 10.2 Å². The summed E-state index contributed by atoms with van der Waals surface area (Å²) in [6, 6.07) is 6.74. The Hall–Kier alpha value is -1.26. The lowest BCUT2D eigenvalue weighted by atomic mass is 10.0. The van der Waals surface area contributed by atoms with E-state index in [0.29, 0.717) is 5.75 Å². The molecule has 4 nitrogen and oxygen atoms in total. The molecule has 1 heterocycles. The number of piperidine rings is 1. The van der Waals surface area contributed by atoms with Crippen molar-refractivity contribution in [3.8, 4) is 11.5 Å². The van der Waals surface area contributed by atoms with Crippen LogP contribution in [0.3, 0.4) is 0 Å². The van der Waals surface area contributed by atoms with E-state index < -0.39 is 6.10 Å². The van der Waals surface area contributed by atoms with Gasteiger partial charge < -0.3 is 20.3 Å². The summed E-state index contributed by atoms with van der Waals surface area (Å²) < 4.78 is 5.45. The molecule has 1 saturated heterocycles. The van der Waals surface area contributed by atoms with Crippen molar-refractivity contribution in [3.05, 3.63) is 24.3 Å². The van der Waals surface area contributed by atoms with E-state index in [1.807, 2.05) is 0 Å². The molecule has 0 bridgehead atoms. The predicted octanol–water partition coefficient (Wildman–Crippen LogP) is 1.27. The number of benzene rings is 1. The van der Waals surface area contributed by atoms with Gasteiger partial charge in [-0.15, -0.1) is 0 Å². The van der Waals surface area contributed by atoms with Gasteiger partial charge in [0.15, 0.2) is 0 Å². The largest absolute Gasteiger partial charge is 0.508 e. The Bertz CT molecular complexity index is 350. The van der Waals surface area contributed by atoms with Crippen LogP contribution in [0.15, 0.2) is 24.3 Å². The number of aliphatic hydroxyl groups excluding tert-OH is 1. The van der Waals surface area contributed by atoms with Crippen molar-refractivity contribution in [3.63, 3.8) is 0 Å². The molecule has 4 heteroatoms. The first-order valence-corrected chi connectivity index (χ1v) is 6.09. The molecule has 0 aliphatic carbocycles. The maximum Gasteiger partial charge on any atom is 0.123 e. The maximum absolute atomic E-state index is 9.95. The normalized spacial score (nSPS) is 22.1. The highest BCUT2D eigenvalue weighted by Gasteiger charge is 2.21. The molecule has 3 N–H and O–H groups in total. The highest BCUT2D eigenvalue weighted by molar-refractivity contribution is 5.31. The van der Waals surface area contributed by atoms with Crippen LogP contribution in [0.25, 0.3) is 0 Å². The summed E-state index contributed by atoms with van der Waals surface area (Å²) in [4.78, 5) is 0. The number of hydrogen-bond acceptors (Lipinski definition) is 4. The topological polar surface area (TPSA) is 61.7 Å². The summed E-state index contributed by atoms with van der Waals surface area (Å²) >= 11 is 0. The molecule has 0 radical (unpaired) electrons. The molecule has 94 valence electrons. The number of phenolic OH excluding ortho intramolecular Hbond substituents is 1. The third-order valence-corrected chi connectivity index (χ3v) is 3.05. The first-order chi connectivity index (χ1) is 8.25. The van der Waals surface area contributed by atoms with E-state index >= 15 is 0 Å². The van der Waals surface area contributed by atoms with Crippen molar-refractivity contribution in [2.75, 3.05) is 13.2 Å². The van der Waals surface area contributed by atoms with Gasteiger partial charge in [0.25, 0.3) is 0 Å². The first kappa shape index (κ1) is 12.2. The number of ether oxygens (including phenoxy) is 1. The average Bonchev–Trinajstić information content (AvgIpc) is 2.37. The Kier molecular flexibility index (Phi) is 4.23. The summed E-state index contributed by atoms with van der Waals surface area (Å²) in [6.45, 7) is 1.22. The second kappa shape index (κ2) is 5.89. The van der Waals surface area contributed by atoms with Gasteiger partial charge in [0, 0.05) is 12.1 Å². The van der Waals surface area contributed by atoms with Crippen LogP contribution in [-0.4, -0.2) is 35.5 Å². The fourth-order valence-corrected chi connectivity index (χ4v) is 2.08. The Balaban J connectivity index is 1.80. The molecule has 1 aromatic rings. The Morgan fingerprint density at radius 3 is 3.00 bits per heavy atom. The van der Waals surface area contributed by atoms with E-state index in [0.717, 1.165) is 19.4 Å². The van der Waals surface area contributed by atoms with Crippen LogP contribution in [-0.2, 0) is 0 Å². The molecule has 1 aliphatic heterocycles. The van der Waals surface area contributed by atoms with Gasteiger partial charge in [-0.3, -0.25) is 0 Å². The molecule has 0 aromatic heterocycles. The second-order valence-corrected chi connectivity index (χ2v) is 4.43. The van der Waals surface area contributed by atoms with Crippen molar-refractivity contribution in [2.45, 2.75) is 31.4 Å². The van der Waals surface area contributed by atoms with Gasteiger partial charge in [0.1, 0.15) is 24.2 Å². The first-order valence-electron chi connectivity index (χ1n) is 6.09. The smallest absolute Gasteiger partial charge is 0.123 e. The number of aromatic hydroxyl groups is 1. The Morgan fingerprint density at radius 2 is 2.29 bits per heavy atom. The lowest BCUT2D eigenvalue weighted by Crippen LogP contribution is -2.45. The number of hydrogen-bond donors (Lipinski definition) is 3. The summed E-state index contributed by atoms with van der Waals surface area (Å²) in [5.41, 5.74) is 0. The summed E-state index contributed by atoms with van der Waals surface area (Å²) in [7, 11) is 0. The van der Waals surface area contributed by atoms with Crippen LogP contribution >= 0.6 is 0 Å². The third-order valence-electron chi connectivity index (χ3n) is 3.05. The van der Waals surface area contributed by atoms with Gasteiger partial charge in [-0.05, 0) is 31.5 Å². The molecule has 2 rings (SSSR count). The summed E-state index contributed by atoms with van der Waals surface area (Å²) in [5.74, 6) is 0.757. The standard InChI is InChI=1S/C13H19NO3/c15-10-4-3-5-11(8-10)17-9-13(16)12-6-1-2-7-14-12/h3-5,8,12-16H,1-2,6-7,9H2/t12-,13-/m1/s1. The lowest BCUT2D eigenvalue weighted by Gasteiger charge is -2.27. The van der Waals surface area contributed by atoms with Crippen LogP contribution in [0.5, 0.6) is 11.5 Å². The third kappa shape index (κ3) is 3.61. The molecule has 0 unspecified atom stereocenters. The minimum absolute atomic E-state index is 0.126. The van der Waals surface area contributed by atoms with Crippen LogP contribution in [0.4, 0.5) is 0 Å². The van der Waals surface area contributed by atoms with Gasteiger partial charge in [-0.25, -0.2) is 0 Å². The van der Waals surface area contributed by atoms with Gasteiger partial charge >= 0.3 is 0 Å². The fourth-order valence-electron chi connectivity index (χ4n) is 2.08. The molecule has 0 amide bonds. The van der Waals surface area contributed by atoms with E-state index in [1.54, 1.807) is 24.3 Å². The zero-order valence-electron chi connectivity index (χ0n) is 9.80. The van der Waals surface area contributed by atoms with Gasteiger partial charge in [-0.1, -0.05) is 12.5 Å². The van der Waals surface area contributed by atoms with Gasteiger partial charge in [0.05, 0.1) is 0 Å². The van der Waals surface area contributed by atoms with Crippen molar-refractivity contribution in [1.29, 1.82) is 0 Å². The maximum atomic E-state index is 9.95. The molecular formula is C13H19NO3. The Labute approximate surface area is 101 Å². The second-order valence-electron chi connectivity index (χ2n) is 4.43. The molecule has 0 saturated carbocycles. The Morgan fingerprint density at radius 1 is 1.41 bits per heavy atom. The zero-order chi connectivity index (χ0) is 12.1. The van der Waals surface area contributed by atoms with E-state index in [2.05, 4.69) is 5.32 Å². The quantitative estimate of drug-likeness (QED) is 0.738. The number of nitrogens with one attached hydrogen (secondary N) is 1. The van der Waals surface area contributed by atoms with Crippen molar-refractivity contribution in [2.24, 2.45) is 0 Å². The molecule has 17 heavy (non-hydrogen) atoms. The SMILES string of the molecule is Oc1cccc(OC[C@@H](O)[C@H]2CCCCN2)c1. The van der Waals surface area contributed by atoms with E-state index in [4.69, 9.17) is 4.74 Å². The molecule has 1 aromatic carbocycles. The summed E-state index contributed by atoms with van der Waals surface area (Å²) in [5, 5.41) is 22.5. The molecule has 1 aliphatic rings. The zero-order valence-corrected chi connectivity index (χ0v) is 9.80. The van der Waals surface area contributed by atoms with Crippen molar-refractivity contribution < 1.29 is 14.9 Å². The molecule has 2 atom stereocenters. The highest BCUT2D eigenvalue weighted by Crippen LogP contribution is 2.18. The molecular weight excluding hydrogens is 218 g/mol. The van der Waals surface area contributed by atoms with Gasteiger partial charge in [-0.2, -0.15) is 0 Å². The van der Waals surface area contributed by atoms with Crippen molar-refractivity contribution in [1.82, 2.24) is 5.32 Å². The highest BCUT2D eigenvalue weighted by atomic mass is 16.5. The predicted molar refractivity (Wildman–Crippen MR) is 65.3 cm³/mol. The number of rotatable bonds is 4. The monoisotopic (exact) mass is 237 g/mol. The lowest BCUT2D eigenvalue weighted by molar-refractivity contribution is 0.0638. The average molecular weight is 237 g/mol. The molecule has 0 spiro atoms. The molecule has 1 fully saturated rings. The van der Waals surface area contributed by atoms with Crippen LogP contribution in [0.2, 0.25) is 0 Å². The fraction of sp³-hybridized carbons (Fsp3) is 0.538. The minimum Gasteiger partial charge on any atom is -0.508 e. The van der Waals surface area contributed by atoms with E-state index in [-0.39, 0.29) is 18.4 Å². The van der Waals surface area contributed by atoms with Crippen LogP contribution in [0, 0.1) is 0 Å². The van der Waals surface area contributed by atoms with E-state index in [1.165, 1.54) is 6.42 Å². The van der Waals surface area contributed by atoms with Crippen LogP contribution < -0.4 is 10.1 Å². The van der Waals surface area contributed by atoms with Gasteiger partial charge in [0.2, 0.25) is 0 Å². The summed E-state index contributed by atoms with van der Waals surface area (Å²) in [6.07, 6.45) is 2.82. The number of phenols is 1. The van der Waals surface area contributed by atoms with Crippen molar-refractivity contribution >= 4 is 0 Å². The number of aliphatic hydroxyl groups is 1.